The molecular weight excluding hydrogens is 188 g/mol. The highest BCUT2D eigenvalue weighted by Gasteiger charge is 2.26. The fraction of sp³-hybridized carbons (Fsp3) is 0.500. The predicted octanol–water partition coefficient (Wildman–Crippen LogP) is 0.356. The van der Waals surface area contributed by atoms with Gasteiger partial charge in [-0.2, -0.15) is 0 Å². The van der Waals surface area contributed by atoms with E-state index in [0.717, 1.165) is 0 Å². The molecule has 0 aromatic rings. The predicted molar refractivity (Wildman–Crippen MR) is 48.9 cm³/mol. The molecule has 0 saturated carbocycles. The van der Waals surface area contributed by atoms with Crippen LogP contribution in [-0.4, -0.2) is 21.2 Å². The van der Waals surface area contributed by atoms with Crippen LogP contribution in [-0.2, 0) is 18.4 Å². The van der Waals surface area contributed by atoms with E-state index in [-0.39, 0.29) is 5.54 Å². The Labute approximate surface area is 79.1 Å². The zero-order valence-corrected chi connectivity index (χ0v) is 9.02. The maximum absolute atomic E-state index is 10.6. The van der Waals surface area contributed by atoms with Gasteiger partial charge in [0.25, 0.3) is 11.9 Å². The number of carbonyl (C=O) groups is 2. The third-order valence-electron chi connectivity index (χ3n) is 1.24. The Hall–Kier alpha value is -1.28. The molecule has 0 aliphatic rings. The average molecular weight is 200 g/mol. The highest BCUT2D eigenvalue weighted by molar-refractivity contribution is 6.51. The van der Waals surface area contributed by atoms with Gasteiger partial charge in [0.2, 0.25) is 0 Å². The van der Waals surface area contributed by atoms with Crippen LogP contribution in [0.5, 0.6) is 0 Å². The van der Waals surface area contributed by atoms with Crippen molar-refractivity contribution in [3.05, 3.63) is 0 Å². The highest BCUT2D eigenvalue weighted by atomic mass is 28.3. The maximum Gasteiger partial charge on any atom is 0.463 e. The van der Waals surface area contributed by atoms with Gasteiger partial charge in [-0.25, -0.2) is 0 Å². The van der Waals surface area contributed by atoms with E-state index in [1.54, 1.807) is 6.92 Å². The number of terminal acetylenes is 1. The van der Waals surface area contributed by atoms with E-state index in [9.17, 15) is 9.59 Å². The summed E-state index contributed by atoms with van der Waals surface area (Å²) in [6, 6.07) is 0. The Morgan fingerprint density at radius 1 is 1.31 bits per heavy atom. The molecule has 0 rings (SSSR count). The SMILES string of the molecule is C#CC(C)[SiH](OC(C)=O)OC(C)=O. The molecule has 0 radical (unpaired) electrons. The summed E-state index contributed by atoms with van der Waals surface area (Å²) in [5, 5.41) is 0. The Balaban J connectivity index is 4.28. The van der Waals surface area contributed by atoms with Gasteiger partial charge in [0.05, 0.1) is 5.54 Å². The number of hydrogen-bond acceptors (Lipinski definition) is 4. The van der Waals surface area contributed by atoms with Crippen LogP contribution in [0.1, 0.15) is 20.8 Å². The van der Waals surface area contributed by atoms with Crippen LogP contribution < -0.4 is 0 Å². The van der Waals surface area contributed by atoms with Crippen molar-refractivity contribution in [2.45, 2.75) is 26.3 Å². The van der Waals surface area contributed by atoms with Crippen LogP contribution >= 0.6 is 0 Å². The molecule has 4 nitrogen and oxygen atoms in total. The highest BCUT2D eigenvalue weighted by Crippen LogP contribution is 2.10. The molecule has 13 heavy (non-hydrogen) atoms. The van der Waals surface area contributed by atoms with Crippen molar-refractivity contribution < 1.29 is 18.4 Å². The first kappa shape index (κ1) is 11.7. The zero-order valence-electron chi connectivity index (χ0n) is 7.87. The largest absolute Gasteiger partial charge is 0.487 e. The van der Waals surface area contributed by atoms with Gasteiger partial charge in [0, 0.05) is 13.8 Å². The summed E-state index contributed by atoms with van der Waals surface area (Å²) in [6.45, 7) is 4.20. The molecule has 1 unspecified atom stereocenters. The summed E-state index contributed by atoms with van der Waals surface area (Å²) in [6.07, 6.45) is 5.13. The fourth-order valence-corrected chi connectivity index (χ4v) is 1.90. The lowest BCUT2D eigenvalue weighted by Gasteiger charge is -2.16. The van der Waals surface area contributed by atoms with Crippen molar-refractivity contribution in [3.63, 3.8) is 0 Å². The van der Waals surface area contributed by atoms with Crippen molar-refractivity contribution in [2.75, 3.05) is 0 Å². The van der Waals surface area contributed by atoms with Crippen molar-refractivity contribution in [2.24, 2.45) is 0 Å². The van der Waals surface area contributed by atoms with Crippen LogP contribution in [0.15, 0.2) is 0 Å². The summed E-state index contributed by atoms with van der Waals surface area (Å²) in [7, 11) is -2.38. The maximum atomic E-state index is 10.6. The first-order valence-electron chi connectivity index (χ1n) is 3.78. The molecule has 0 heterocycles. The van der Waals surface area contributed by atoms with E-state index in [1.807, 2.05) is 0 Å². The summed E-state index contributed by atoms with van der Waals surface area (Å²) >= 11 is 0. The Kier molecular flexibility index (Phi) is 4.85. The monoisotopic (exact) mass is 200 g/mol. The first-order valence-corrected chi connectivity index (χ1v) is 5.39. The number of hydrogen-bond donors (Lipinski definition) is 0. The average Bonchev–Trinajstić information content (AvgIpc) is 2.00. The second kappa shape index (κ2) is 5.38. The Morgan fingerprint density at radius 2 is 1.69 bits per heavy atom. The van der Waals surface area contributed by atoms with Gasteiger partial charge in [-0.1, -0.05) is 5.92 Å². The Morgan fingerprint density at radius 3 is 1.92 bits per heavy atom. The van der Waals surface area contributed by atoms with Crippen LogP contribution in [0.2, 0.25) is 5.54 Å². The van der Waals surface area contributed by atoms with Crippen molar-refractivity contribution in [3.8, 4) is 12.3 Å². The van der Waals surface area contributed by atoms with Crippen LogP contribution in [0.3, 0.4) is 0 Å². The van der Waals surface area contributed by atoms with Crippen LogP contribution in [0.25, 0.3) is 0 Å². The van der Waals surface area contributed by atoms with Crippen LogP contribution in [0.4, 0.5) is 0 Å². The molecule has 0 spiro atoms. The summed E-state index contributed by atoms with van der Waals surface area (Å²) in [4.78, 5) is 21.2. The summed E-state index contributed by atoms with van der Waals surface area (Å²) in [5.74, 6) is 1.44. The first-order chi connectivity index (χ1) is 5.97. The molecule has 0 amide bonds. The van der Waals surface area contributed by atoms with Gasteiger partial charge in [-0.15, -0.1) is 6.42 Å². The van der Waals surface area contributed by atoms with E-state index < -0.39 is 21.2 Å². The summed E-state index contributed by atoms with van der Waals surface area (Å²) in [5.41, 5.74) is -0.312. The van der Waals surface area contributed by atoms with Gasteiger partial charge < -0.3 is 8.85 Å². The minimum Gasteiger partial charge on any atom is -0.487 e. The second-order valence-corrected chi connectivity index (χ2v) is 4.75. The van der Waals surface area contributed by atoms with E-state index >= 15 is 0 Å². The van der Waals surface area contributed by atoms with E-state index in [2.05, 4.69) is 5.92 Å². The van der Waals surface area contributed by atoms with Crippen molar-refractivity contribution >= 4 is 21.2 Å². The van der Waals surface area contributed by atoms with Crippen LogP contribution in [0, 0.1) is 12.3 Å². The molecule has 0 N–H and O–H groups in total. The standard InChI is InChI=1S/C8H12O4Si/c1-5-6(2)13(11-7(3)9)12-8(4)10/h1,6,13H,2-4H3. The summed E-state index contributed by atoms with van der Waals surface area (Å²) < 4.78 is 9.66. The molecule has 72 valence electrons. The topological polar surface area (TPSA) is 52.6 Å². The fourth-order valence-electron chi connectivity index (χ4n) is 0.634. The molecule has 5 heteroatoms. The molecule has 1 atom stereocenters. The van der Waals surface area contributed by atoms with E-state index in [0.29, 0.717) is 0 Å². The minimum atomic E-state index is -2.38. The van der Waals surface area contributed by atoms with Gasteiger partial charge >= 0.3 is 9.28 Å². The second-order valence-electron chi connectivity index (χ2n) is 2.54. The lowest BCUT2D eigenvalue weighted by molar-refractivity contribution is -0.137. The van der Waals surface area contributed by atoms with E-state index in [4.69, 9.17) is 15.3 Å². The normalized spacial score (nSPS) is 11.6. The van der Waals surface area contributed by atoms with E-state index in [1.165, 1.54) is 13.8 Å². The third kappa shape index (κ3) is 5.04. The smallest absolute Gasteiger partial charge is 0.463 e. The lowest BCUT2D eigenvalue weighted by atomic mass is 10.5. The molecule has 0 aromatic heterocycles. The van der Waals surface area contributed by atoms with Gasteiger partial charge in [0.1, 0.15) is 0 Å². The minimum absolute atomic E-state index is 0.312. The third-order valence-corrected chi connectivity index (χ3v) is 3.37. The zero-order chi connectivity index (χ0) is 10.4. The Bertz CT molecular complexity index is 227. The van der Waals surface area contributed by atoms with Gasteiger partial charge in [0.15, 0.2) is 0 Å². The quantitative estimate of drug-likeness (QED) is 0.487. The van der Waals surface area contributed by atoms with Gasteiger partial charge in [-0.3, -0.25) is 9.59 Å². The number of rotatable bonds is 3. The lowest BCUT2D eigenvalue weighted by Crippen LogP contribution is -2.30. The molecule has 0 saturated heterocycles. The van der Waals surface area contributed by atoms with Crippen molar-refractivity contribution in [1.82, 2.24) is 0 Å². The van der Waals surface area contributed by atoms with Crippen molar-refractivity contribution in [1.29, 1.82) is 0 Å². The molecule has 0 bridgehead atoms. The molecular formula is C8H12O4Si. The molecule has 0 aliphatic heterocycles. The molecule has 0 aliphatic carbocycles. The van der Waals surface area contributed by atoms with Gasteiger partial charge in [-0.05, 0) is 6.92 Å². The number of carbonyl (C=O) groups excluding carboxylic acids is 2. The molecule has 0 aromatic carbocycles. The molecule has 0 fully saturated rings.